The summed E-state index contributed by atoms with van der Waals surface area (Å²) in [6, 6.07) is 0. The van der Waals surface area contributed by atoms with Gasteiger partial charge in [0.2, 0.25) is 5.78 Å². The van der Waals surface area contributed by atoms with Crippen molar-refractivity contribution in [1.82, 2.24) is 19.5 Å². The van der Waals surface area contributed by atoms with Gasteiger partial charge in [0, 0.05) is 0 Å². The standard InChI is InChI=1S/C11H9ClN4O4/c12-9-6-10(14-2-13-9)16(3-15-6)11-7(17)8-5(20-11)1-18-4-19-8/h2-3,5,8,11H,1,4H2/t5-,8-,11+/m0/s1. The zero-order chi connectivity index (χ0) is 13.7. The van der Waals surface area contributed by atoms with Crippen LogP contribution in [-0.4, -0.2) is 50.9 Å². The number of ketones is 1. The smallest absolute Gasteiger partial charge is 0.214 e. The van der Waals surface area contributed by atoms with Crippen LogP contribution in [0.4, 0.5) is 0 Å². The molecule has 0 aromatic carbocycles. The van der Waals surface area contributed by atoms with Crippen molar-refractivity contribution < 1.29 is 19.0 Å². The van der Waals surface area contributed by atoms with E-state index < -0.39 is 18.4 Å². The molecule has 0 unspecified atom stereocenters. The van der Waals surface area contributed by atoms with Gasteiger partial charge in [-0.2, -0.15) is 0 Å². The number of ether oxygens (including phenoxy) is 3. The van der Waals surface area contributed by atoms with Gasteiger partial charge in [0.05, 0.1) is 12.9 Å². The third-order valence-electron chi connectivity index (χ3n) is 3.34. The van der Waals surface area contributed by atoms with Crippen LogP contribution in [-0.2, 0) is 19.0 Å². The first-order chi connectivity index (χ1) is 9.75. The third-order valence-corrected chi connectivity index (χ3v) is 3.62. The van der Waals surface area contributed by atoms with E-state index in [-0.39, 0.29) is 17.7 Å². The van der Waals surface area contributed by atoms with Crippen LogP contribution < -0.4 is 0 Å². The number of fused-ring (bicyclic) bond motifs is 2. The Labute approximate surface area is 117 Å². The number of hydrogen-bond acceptors (Lipinski definition) is 7. The molecule has 2 aromatic rings. The Kier molecular flexibility index (Phi) is 2.71. The lowest BCUT2D eigenvalue weighted by molar-refractivity contribution is -0.183. The first kappa shape index (κ1) is 12.2. The van der Waals surface area contributed by atoms with Gasteiger partial charge in [-0.25, -0.2) is 15.0 Å². The van der Waals surface area contributed by atoms with Gasteiger partial charge in [0.1, 0.15) is 24.7 Å². The van der Waals surface area contributed by atoms with Gasteiger partial charge in [-0.05, 0) is 0 Å². The normalized spacial score (nSPS) is 29.9. The number of hydrogen-bond donors (Lipinski definition) is 0. The monoisotopic (exact) mass is 296 g/mol. The van der Waals surface area contributed by atoms with Gasteiger partial charge in [-0.15, -0.1) is 0 Å². The molecule has 3 atom stereocenters. The van der Waals surface area contributed by atoms with Crippen LogP contribution in [0, 0.1) is 0 Å². The zero-order valence-electron chi connectivity index (χ0n) is 10.1. The summed E-state index contributed by atoms with van der Waals surface area (Å²) in [6.45, 7) is 0.428. The molecule has 0 N–H and O–H groups in total. The Hall–Kier alpha value is -1.61. The average Bonchev–Trinajstić information content (AvgIpc) is 3.02. The van der Waals surface area contributed by atoms with E-state index in [1.807, 2.05) is 0 Å². The van der Waals surface area contributed by atoms with Crippen molar-refractivity contribution in [1.29, 1.82) is 0 Å². The van der Waals surface area contributed by atoms with Gasteiger partial charge >= 0.3 is 0 Å². The Bertz CT molecular complexity index is 690. The number of rotatable bonds is 1. The van der Waals surface area contributed by atoms with Crippen molar-refractivity contribution in [3.8, 4) is 0 Å². The summed E-state index contributed by atoms with van der Waals surface area (Å²) >= 11 is 5.94. The quantitative estimate of drug-likeness (QED) is 0.700. The van der Waals surface area contributed by atoms with Gasteiger partial charge in [-0.3, -0.25) is 9.36 Å². The van der Waals surface area contributed by atoms with Crippen LogP contribution in [0.3, 0.4) is 0 Å². The van der Waals surface area contributed by atoms with Crippen LogP contribution in [0.15, 0.2) is 12.7 Å². The van der Waals surface area contributed by atoms with Crippen LogP contribution in [0.2, 0.25) is 5.15 Å². The number of Topliss-reactive ketones (excluding diaryl/α,β-unsaturated/α-hetero) is 1. The minimum absolute atomic E-state index is 0.0989. The molecule has 4 rings (SSSR count). The molecular formula is C11H9ClN4O4. The second-order valence-corrected chi connectivity index (χ2v) is 4.85. The Morgan fingerprint density at radius 3 is 3.10 bits per heavy atom. The highest BCUT2D eigenvalue weighted by Gasteiger charge is 2.47. The number of carbonyl (C=O) groups is 1. The molecule has 0 aliphatic carbocycles. The van der Waals surface area contributed by atoms with E-state index in [4.69, 9.17) is 25.8 Å². The zero-order valence-corrected chi connectivity index (χ0v) is 10.9. The second-order valence-electron chi connectivity index (χ2n) is 4.49. The summed E-state index contributed by atoms with van der Waals surface area (Å²) < 4.78 is 17.6. The first-order valence-electron chi connectivity index (χ1n) is 5.97. The molecule has 9 heteroatoms. The predicted octanol–water partition coefficient (Wildman–Crippen LogP) is 0.319. The summed E-state index contributed by atoms with van der Waals surface area (Å²) in [6.07, 6.45) is 0.933. The van der Waals surface area contributed by atoms with Gasteiger partial charge < -0.3 is 14.2 Å². The maximum Gasteiger partial charge on any atom is 0.214 e. The van der Waals surface area contributed by atoms with Gasteiger partial charge in [0.25, 0.3) is 0 Å². The highest BCUT2D eigenvalue weighted by molar-refractivity contribution is 6.33. The molecule has 8 nitrogen and oxygen atoms in total. The Morgan fingerprint density at radius 2 is 2.25 bits per heavy atom. The van der Waals surface area contributed by atoms with E-state index in [9.17, 15) is 4.79 Å². The van der Waals surface area contributed by atoms with E-state index in [2.05, 4.69) is 15.0 Å². The van der Waals surface area contributed by atoms with E-state index in [1.165, 1.54) is 17.2 Å². The molecule has 2 aliphatic heterocycles. The van der Waals surface area contributed by atoms with E-state index in [0.717, 1.165) is 0 Å². The predicted molar refractivity (Wildman–Crippen MR) is 64.9 cm³/mol. The van der Waals surface area contributed by atoms with Gasteiger partial charge in [-0.1, -0.05) is 11.6 Å². The third kappa shape index (κ3) is 1.66. The van der Waals surface area contributed by atoms with Gasteiger partial charge in [0.15, 0.2) is 23.1 Å². The largest absolute Gasteiger partial charge is 0.353 e. The first-order valence-corrected chi connectivity index (χ1v) is 6.35. The van der Waals surface area contributed by atoms with Crippen molar-refractivity contribution in [3.63, 3.8) is 0 Å². The number of nitrogens with zero attached hydrogens (tertiary/aromatic N) is 4. The van der Waals surface area contributed by atoms with Crippen LogP contribution in [0.25, 0.3) is 11.2 Å². The molecule has 104 valence electrons. The van der Waals surface area contributed by atoms with E-state index in [0.29, 0.717) is 17.8 Å². The van der Waals surface area contributed by atoms with Crippen molar-refractivity contribution in [2.45, 2.75) is 18.4 Å². The SMILES string of the molecule is O=C1[C@H]2OCOC[C@@H]2O[C@H]1n1cnc2c(Cl)ncnc21. The number of carbonyl (C=O) groups excluding carboxylic acids is 1. The average molecular weight is 297 g/mol. The lowest BCUT2D eigenvalue weighted by Crippen LogP contribution is -2.39. The fraction of sp³-hybridized carbons (Fsp3) is 0.455. The van der Waals surface area contributed by atoms with Crippen molar-refractivity contribution >= 4 is 28.5 Å². The van der Waals surface area contributed by atoms with E-state index in [1.54, 1.807) is 0 Å². The summed E-state index contributed by atoms with van der Waals surface area (Å²) in [5.74, 6) is -0.174. The lowest BCUT2D eigenvalue weighted by Gasteiger charge is -2.22. The minimum Gasteiger partial charge on any atom is -0.353 e. The van der Waals surface area contributed by atoms with Crippen molar-refractivity contribution in [2.24, 2.45) is 0 Å². The molecule has 0 saturated carbocycles. The fourth-order valence-electron chi connectivity index (χ4n) is 2.43. The molecule has 0 amide bonds. The molecule has 2 fully saturated rings. The molecule has 2 aliphatic rings. The molecule has 20 heavy (non-hydrogen) atoms. The van der Waals surface area contributed by atoms with E-state index >= 15 is 0 Å². The number of aromatic nitrogens is 4. The summed E-state index contributed by atoms with van der Waals surface area (Å²) in [7, 11) is 0. The molecule has 0 radical (unpaired) electrons. The Morgan fingerprint density at radius 1 is 1.35 bits per heavy atom. The highest BCUT2D eigenvalue weighted by Crippen LogP contribution is 2.32. The Balaban J connectivity index is 1.76. The molecule has 0 bridgehead atoms. The topological polar surface area (TPSA) is 88.4 Å². The molecular weight excluding hydrogens is 288 g/mol. The summed E-state index contributed by atoms with van der Waals surface area (Å²) in [4.78, 5) is 24.4. The molecule has 2 saturated heterocycles. The number of imidazole rings is 1. The van der Waals surface area contributed by atoms with Crippen LogP contribution in [0.1, 0.15) is 6.23 Å². The molecule has 4 heterocycles. The molecule has 0 spiro atoms. The summed E-state index contributed by atoms with van der Waals surface area (Å²) in [5, 5.41) is 0.233. The number of halogens is 1. The highest BCUT2D eigenvalue weighted by atomic mass is 35.5. The second kappa shape index (κ2) is 4.45. The summed E-state index contributed by atoms with van der Waals surface area (Å²) in [5.41, 5.74) is 0.875. The van der Waals surface area contributed by atoms with Crippen LogP contribution >= 0.6 is 11.6 Å². The maximum absolute atomic E-state index is 12.3. The van der Waals surface area contributed by atoms with Crippen molar-refractivity contribution in [3.05, 3.63) is 17.8 Å². The van der Waals surface area contributed by atoms with Crippen molar-refractivity contribution in [2.75, 3.05) is 13.4 Å². The minimum atomic E-state index is -0.831. The van der Waals surface area contributed by atoms with Crippen LogP contribution in [0.5, 0.6) is 0 Å². The molecule has 2 aromatic heterocycles. The fourth-order valence-corrected chi connectivity index (χ4v) is 2.60. The maximum atomic E-state index is 12.3. The lowest BCUT2D eigenvalue weighted by atomic mass is 10.1.